The van der Waals surface area contributed by atoms with Crippen molar-refractivity contribution >= 4 is 5.84 Å². The second-order valence-corrected chi connectivity index (χ2v) is 4.80. The van der Waals surface area contributed by atoms with Crippen molar-refractivity contribution in [2.24, 2.45) is 10.9 Å². The molecule has 1 aromatic carbocycles. The summed E-state index contributed by atoms with van der Waals surface area (Å²) in [6.07, 6.45) is 0.972. The summed E-state index contributed by atoms with van der Waals surface area (Å²) in [4.78, 5) is 0. The van der Waals surface area contributed by atoms with E-state index in [1.807, 2.05) is 35.9 Å². The van der Waals surface area contributed by atoms with Gasteiger partial charge in [0.05, 0.1) is 12.2 Å². The number of benzene rings is 1. The predicted octanol–water partition coefficient (Wildman–Crippen LogP) is 2.21. The van der Waals surface area contributed by atoms with Gasteiger partial charge in [0.25, 0.3) is 0 Å². The molecule has 0 spiro atoms. The molecule has 1 heterocycles. The number of oxime groups is 1. The zero-order chi connectivity index (χ0) is 14.7. The molecule has 5 heteroatoms. The lowest BCUT2D eigenvalue weighted by Gasteiger charge is -2.10. The van der Waals surface area contributed by atoms with Gasteiger partial charge >= 0.3 is 0 Å². The third kappa shape index (κ3) is 2.52. The maximum Gasteiger partial charge on any atom is 0.170 e. The normalized spacial score (nSPS) is 11.8. The monoisotopic (exact) mass is 272 g/mol. The zero-order valence-corrected chi connectivity index (χ0v) is 12.1. The summed E-state index contributed by atoms with van der Waals surface area (Å²) in [5.74, 6) is 0.123. The minimum Gasteiger partial charge on any atom is -0.409 e. The quantitative estimate of drug-likeness (QED) is 0.388. The van der Waals surface area contributed by atoms with Crippen LogP contribution in [0.5, 0.6) is 0 Å². The van der Waals surface area contributed by atoms with Crippen molar-refractivity contribution in [3.63, 3.8) is 0 Å². The van der Waals surface area contributed by atoms with Gasteiger partial charge in [-0.2, -0.15) is 5.10 Å². The van der Waals surface area contributed by atoms with Crippen LogP contribution < -0.4 is 5.73 Å². The molecule has 0 bridgehead atoms. The van der Waals surface area contributed by atoms with Crippen LogP contribution in [0.25, 0.3) is 0 Å². The average molecular weight is 272 g/mol. The lowest BCUT2D eigenvalue weighted by Crippen LogP contribution is -2.17. The van der Waals surface area contributed by atoms with Crippen LogP contribution in [0.3, 0.4) is 0 Å². The number of hydrogen-bond acceptors (Lipinski definition) is 3. The molecule has 106 valence electrons. The van der Waals surface area contributed by atoms with Crippen LogP contribution in [0, 0.1) is 13.8 Å². The summed E-state index contributed by atoms with van der Waals surface area (Å²) in [6, 6.07) is 7.62. The van der Waals surface area contributed by atoms with E-state index in [1.54, 1.807) is 0 Å². The summed E-state index contributed by atoms with van der Waals surface area (Å²) in [5.41, 5.74) is 10.9. The number of amidine groups is 1. The number of rotatable bonds is 4. The Morgan fingerprint density at radius 1 is 1.35 bits per heavy atom. The van der Waals surface area contributed by atoms with Gasteiger partial charge in [-0.05, 0) is 31.4 Å². The standard InChI is InChI=1S/C15H20N4O/c1-4-13-10(2)17-19(11(13)3)9-12-7-5-6-8-14(12)15(16)18-20/h5-8,20H,4,9H2,1-3H3,(H2,16,18). The first-order valence-electron chi connectivity index (χ1n) is 6.67. The van der Waals surface area contributed by atoms with Gasteiger partial charge in [-0.1, -0.05) is 36.3 Å². The smallest absolute Gasteiger partial charge is 0.170 e. The molecule has 1 aromatic heterocycles. The van der Waals surface area contributed by atoms with Crippen LogP contribution in [-0.2, 0) is 13.0 Å². The van der Waals surface area contributed by atoms with E-state index in [1.165, 1.54) is 11.3 Å². The number of aryl methyl sites for hydroxylation is 1. The molecule has 0 atom stereocenters. The zero-order valence-electron chi connectivity index (χ0n) is 12.1. The molecule has 3 N–H and O–H groups in total. The molecule has 0 unspecified atom stereocenters. The molecule has 0 amide bonds. The topological polar surface area (TPSA) is 76.4 Å². The fraction of sp³-hybridized carbons (Fsp3) is 0.333. The first kappa shape index (κ1) is 14.1. The Labute approximate surface area is 118 Å². The molecular weight excluding hydrogens is 252 g/mol. The summed E-state index contributed by atoms with van der Waals surface area (Å²) < 4.78 is 1.97. The van der Waals surface area contributed by atoms with E-state index in [-0.39, 0.29) is 5.84 Å². The minimum atomic E-state index is 0.123. The molecule has 0 aliphatic carbocycles. The molecule has 0 saturated carbocycles. The van der Waals surface area contributed by atoms with Crippen molar-refractivity contribution in [1.29, 1.82) is 0 Å². The highest BCUT2D eigenvalue weighted by Crippen LogP contribution is 2.17. The van der Waals surface area contributed by atoms with Crippen molar-refractivity contribution in [2.45, 2.75) is 33.7 Å². The van der Waals surface area contributed by atoms with Gasteiger partial charge in [-0.25, -0.2) is 0 Å². The molecule has 5 nitrogen and oxygen atoms in total. The first-order chi connectivity index (χ1) is 9.58. The third-order valence-electron chi connectivity index (χ3n) is 3.61. The molecule has 20 heavy (non-hydrogen) atoms. The van der Waals surface area contributed by atoms with E-state index in [9.17, 15) is 0 Å². The second-order valence-electron chi connectivity index (χ2n) is 4.80. The minimum absolute atomic E-state index is 0.123. The van der Waals surface area contributed by atoms with Crippen LogP contribution >= 0.6 is 0 Å². The molecule has 0 aliphatic rings. The van der Waals surface area contributed by atoms with Crippen molar-refractivity contribution in [1.82, 2.24) is 9.78 Å². The highest BCUT2D eigenvalue weighted by atomic mass is 16.4. The highest BCUT2D eigenvalue weighted by Gasteiger charge is 2.12. The molecule has 0 aliphatic heterocycles. The lowest BCUT2D eigenvalue weighted by molar-refractivity contribution is 0.318. The van der Waals surface area contributed by atoms with E-state index in [4.69, 9.17) is 10.9 Å². The van der Waals surface area contributed by atoms with Crippen LogP contribution in [0.2, 0.25) is 0 Å². The highest BCUT2D eigenvalue weighted by molar-refractivity contribution is 5.98. The molecule has 0 radical (unpaired) electrons. The number of nitrogens with two attached hydrogens (primary N) is 1. The molecule has 2 rings (SSSR count). The van der Waals surface area contributed by atoms with Gasteiger partial charge in [0, 0.05) is 11.3 Å². The molecule has 2 aromatic rings. The fourth-order valence-corrected chi connectivity index (χ4v) is 2.52. The van der Waals surface area contributed by atoms with Gasteiger partial charge in [0.1, 0.15) is 0 Å². The summed E-state index contributed by atoms with van der Waals surface area (Å²) in [5, 5.41) is 16.5. The third-order valence-corrected chi connectivity index (χ3v) is 3.61. The Hall–Kier alpha value is -2.30. The predicted molar refractivity (Wildman–Crippen MR) is 79.1 cm³/mol. The summed E-state index contributed by atoms with van der Waals surface area (Å²) in [7, 11) is 0. The van der Waals surface area contributed by atoms with E-state index in [0.29, 0.717) is 6.54 Å². The van der Waals surface area contributed by atoms with Crippen molar-refractivity contribution < 1.29 is 5.21 Å². The largest absolute Gasteiger partial charge is 0.409 e. The van der Waals surface area contributed by atoms with Gasteiger partial charge in [-0.15, -0.1) is 0 Å². The van der Waals surface area contributed by atoms with Crippen LogP contribution in [0.4, 0.5) is 0 Å². The number of nitrogens with zero attached hydrogens (tertiary/aromatic N) is 3. The van der Waals surface area contributed by atoms with Crippen molar-refractivity contribution in [3.8, 4) is 0 Å². The Kier molecular flexibility index (Phi) is 4.08. The van der Waals surface area contributed by atoms with E-state index in [0.717, 1.165) is 23.2 Å². The van der Waals surface area contributed by atoms with Gasteiger partial charge in [-0.3, -0.25) is 4.68 Å². The SMILES string of the molecule is CCc1c(C)nn(Cc2ccccc2/C(N)=N/O)c1C. The maximum atomic E-state index is 8.86. The average Bonchev–Trinajstić information content (AvgIpc) is 2.72. The van der Waals surface area contributed by atoms with Gasteiger partial charge in [0.15, 0.2) is 5.84 Å². The van der Waals surface area contributed by atoms with Crippen LogP contribution in [0.1, 0.15) is 35.0 Å². The lowest BCUT2D eigenvalue weighted by atomic mass is 10.1. The van der Waals surface area contributed by atoms with Gasteiger partial charge < -0.3 is 10.9 Å². The Bertz CT molecular complexity index is 643. The molecule has 0 saturated heterocycles. The van der Waals surface area contributed by atoms with Crippen LogP contribution in [-0.4, -0.2) is 20.8 Å². The fourth-order valence-electron chi connectivity index (χ4n) is 2.52. The number of hydrogen-bond donors (Lipinski definition) is 2. The van der Waals surface area contributed by atoms with Gasteiger partial charge in [0.2, 0.25) is 0 Å². The maximum absolute atomic E-state index is 8.86. The van der Waals surface area contributed by atoms with E-state index in [2.05, 4.69) is 24.1 Å². The Balaban J connectivity index is 2.41. The Morgan fingerprint density at radius 2 is 2.05 bits per heavy atom. The van der Waals surface area contributed by atoms with Crippen LogP contribution in [0.15, 0.2) is 29.4 Å². The Morgan fingerprint density at radius 3 is 2.65 bits per heavy atom. The molecule has 0 fully saturated rings. The van der Waals surface area contributed by atoms with Crippen molar-refractivity contribution in [3.05, 3.63) is 52.3 Å². The van der Waals surface area contributed by atoms with Crippen molar-refractivity contribution in [2.75, 3.05) is 0 Å². The summed E-state index contributed by atoms with van der Waals surface area (Å²) in [6.45, 7) is 6.84. The van der Waals surface area contributed by atoms with E-state index < -0.39 is 0 Å². The second kappa shape index (κ2) is 5.77. The van der Waals surface area contributed by atoms with E-state index >= 15 is 0 Å². The summed E-state index contributed by atoms with van der Waals surface area (Å²) >= 11 is 0. The first-order valence-corrected chi connectivity index (χ1v) is 6.67. The number of aromatic nitrogens is 2. The molecular formula is C15H20N4O.